The second-order valence-corrected chi connectivity index (χ2v) is 10.3. The van der Waals surface area contributed by atoms with Crippen molar-refractivity contribution in [3.63, 3.8) is 0 Å². The summed E-state index contributed by atoms with van der Waals surface area (Å²) in [6.45, 7) is 1.19. The Balaban J connectivity index is 1.11. The quantitative estimate of drug-likeness (QED) is 0.385. The molecule has 0 saturated carbocycles. The molecule has 3 amide bonds. The number of carbonyl (C=O) groups is 3. The van der Waals surface area contributed by atoms with Crippen LogP contribution < -0.4 is 10.1 Å². The van der Waals surface area contributed by atoms with E-state index in [-0.39, 0.29) is 35.8 Å². The second-order valence-electron chi connectivity index (χ2n) is 10.3. The number of likely N-dealkylation sites (tertiary alicyclic amines) is 1. The Bertz CT molecular complexity index is 1480. The van der Waals surface area contributed by atoms with Crippen LogP contribution in [0.5, 0.6) is 11.5 Å². The highest BCUT2D eigenvalue weighted by atomic mass is 19.4. The number of nitrogens with zero attached hydrogens (tertiary/aromatic N) is 3. The van der Waals surface area contributed by atoms with Crippen LogP contribution in [0.2, 0.25) is 0 Å². The van der Waals surface area contributed by atoms with Gasteiger partial charge in [0, 0.05) is 44.2 Å². The Morgan fingerprint density at radius 2 is 1.48 bits per heavy atom. The molecule has 1 N–H and O–H groups in total. The molecule has 42 heavy (non-hydrogen) atoms. The van der Waals surface area contributed by atoms with Crippen LogP contribution in [0.15, 0.2) is 77.9 Å². The van der Waals surface area contributed by atoms with Gasteiger partial charge in [0.15, 0.2) is 0 Å². The van der Waals surface area contributed by atoms with Crippen molar-refractivity contribution in [3.8, 4) is 11.5 Å². The van der Waals surface area contributed by atoms with Crippen molar-refractivity contribution in [3.05, 3.63) is 89.5 Å². The third-order valence-electron chi connectivity index (χ3n) is 7.41. The molecule has 11 heteroatoms. The molecule has 2 aliphatic heterocycles. The maximum atomic E-state index is 13.1. The van der Waals surface area contributed by atoms with E-state index in [9.17, 15) is 27.6 Å². The van der Waals surface area contributed by atoms with Crippen LogP contribution >= 0.6 is 0 Å². The van der Waals surface area contributed by atoms with Crippen LogP contribution in [0.3, 0.4) is 0 Å². The molecule has 0 atom stereocenters. The number of benzene rings is 3. The standard InChI is InChI=1S/C31H29F3N4O4/c1-37-28(39)15-14-27(36-37)29(40)35-24-8-2-20(3-9-24)21-16-18-38(19-17-21)30(41)22-4-10-25(11-5-22)42-26-12-6-23(7-13-26)31(32,33)34/h2-13,21H,14-19H2,1H3,(H,35,40). The number of nitrogens with one attached hydrogen (secondary N) is 1. The molecule has 2 heterocycles. The largest absolute Gasteiger partial charge is 0.457 e. The molecule has 0 radical (unpaired) electrons. The lowest BCUT2D eigenvalue weighted by atomic mass is 9.89. The van der Waals surface area contributed by atoms with Gasteiger partial charge in [-0.05, 0) is 85.0 Å². The zero-order valence-electron chi connectivity index (χ0n) is 22.9. The summed E-state index contributed by atoms with van der Waals surface area (Å²) in [5.74, 6) is 0.424. The maximum absolute atomic E-state index is 13.1. The minimum Gasteiger partial charge on any atom is -0.457 e. The Labute approximate surface area is 240 Å². The zero-order valence-corrected chi connectivity index (χ0v) is 22.9. The Hall–Kier alpha value is -4.67. The van der Waals surface area contributed by atoms with Crippen molar-refractivity contribution in [2.45, 2.75) is 37.8 Å². The predicted molar refractivity (Wildman–Crippen MR) is 150 cm³/mol. The minimum atomic E-state index is -4.41. The molecule has 1 saturated heterocycles. The molecule has 0 spiro atoms. The molecule has 218 valence electrons. The Morgan fingerprint density at radius 3 is 2.05 bits per heavy atom. The van der Waals surface area contributed by atoms with Gasteiger partial charge < -0.3 is 15.0 Å². The van der Waals surface area contributed by atoms with Gasteiger partial charge in [-0.1, -0.05) is 12.1 Å². The van der Waals surface area contributed by atoms with E-state index in [1.165, 1.54) is 24.2 Å². The number of alkyl halides is 3. The van der Waals surface area contributed by atoms with Crippen LogP contribution in [0.25, 0.3) is 0 Å². The summed E-state index contributed by atoms with van der Waals surface area (Å²) in [5, 5.41) is 8.06. The van der Waals surface area contributed by atoms with E-state index in [0.29, 0.717) is 42.2 Å². The first-order valence-corrected chi connectivity index (χ1v) is 13.6. The van der Waals surface area contributed by atoms with E-state index in [1.54, 1.807) is 24.3 Å². The molecule has 5 rings (SSSR count). The molecule has 0 bridgehead atoms. The third kappa shape index (κ3) is 6.79. The predicted octanol–water partition coefficient (Wildman–Crippen LogP) is 6.06. The summed E-state index contributed by atoms with van der Waals surface area (Å²) < 4.78 is 43.9. The van der Waals surface area contributed by atoms with E-state index in [4.69, 9.17) is 4.74 Å². The Kier molecular flexibility index (Phi) is 8.28. The molecule has 0 aromatic heterocycles. The van der Waals surface area contributed by atoms with Crippen LogP contribution in [0.1, 0.15) is 53.1 Å². The van der Waals surface area contributed by atoms with Crippen molar-refractivity contribution in [1.29, 1.82) is 0 Å². The number of hydrogen-bond donors (Lipinski definition) is 1. The summed E-state index contributed by atoms with van der Waals surface area (Å²) in [4.78, 5) is 39.0. The lowest BCUT2D eigenvalue weighted by Crippen LogP contribution is -2.37. The molecule has 3 aromatic carbocycles. The van der Waals surface area contributed by atoms with Gasteiger partial charge in [-0.3, -0.25) is 14.4 Å². The van der Waals surface area contributed by atoms with Gasteiger partial charge in [0.1, 0.15) is 17.2 Å². The van der Waals surface area contributed by atoms with Crippen LogP contribution in [0.4, 0.5) is 18.9 Å². The smallest absolute Gasteiger partial charge is 0.416 e. The highest BCUT2D eigenvalue weighted by molar-refractivity contribution is 6.43. The number of hydrogen-bond acceptors (Lipinski definition) is 5. The van der Waals surface area contributed by atoms with Crippen molar-refractivity contribution in [2.24, 2.45) is 5.10 Å². The molecule has 2 aliphatic rings. The van der Waals surface area contributed by atoms with Gasteiger partial charge in [-0.25, -0.2) is 5.01 Å². The molecular weight excluding hydrogens is 549 g/mol. The summed E-state index contributed by atoms with van der Waals surface area (Å²) >= 11 is 0. The summed E-state index contributed by atoms with van der Waals surface area (Å²) in [6.07, 6.45) is -2.25. The molecule has 1 fully saturated rings. The Morgan fingerprint density at radius 1 is 0.881 bits per heavy atom. The van der Waals surface area contributed by atoms with Crippen molar-refractivity contribution in [2.75, 3.05) is 25.5 Å². The number of ether oxygens (including phenoxy) is 1. The fraction of sp³-hybridized carbons (Fsp3) is 0.290. The molecule has 8 nitrogen and oxygen atoms in total. The number of amides is 3. The van der Waals surface area contributed by atoms with E-state index in [2.05, 4.69) is 10.4 Å². The lowest BCUT2D eigenvalue weighted by molar-refractivity contribution is -0.137. The number of piperidine rings is 1. The SMILES string of the molecule is CN1N=C(C(=O)Nc2ccc(C3CCN(C(=O)c4ccc(Oc5ccc(C(F)(F)F)cc5)cc4)CC3)cc2)CCC1=O. The average molecular weight is 579 g/mol. The van der Waals surface area contributed by atoms with Crippen molar-refractivity contribution < 1.29 is 32.3 Å². The molecular formula is C31H29F3N4O4. The van der Waals surface area contributed by atoms with E-state index in [0.717, 1.165) is 30.5 Å². The fourth-order valence-corrected chi connectivity index (χ4v) is 4.99. The fourth-order valence-electron chi connectivity index (χ4n) is 4.99. The first-order chi connectivity index (χ1) is 20.1. The van der Waals surface area contributed by atoms with Crippen molar-refractivity contribution in [1.82, 2.24) is 9.91 Å². The van der Waals surface area contributed by atoms with Crippen LogP contribution in [-0.2, 0) is 15.8 Å². The third-order valence-corrected chi connectivity index (χ3v) is 7.41. The maximum Gasteiger partial charge on any atom is 0.416 e. The second kappa shape index (κ2) is 12.1. The monoisotopic (exact) mass is 578 g/mol. The average Bonchev–Trinajstić information content (AvgIpc) is 2.99. The molecule has 0 aliphatic carbocycles. The van der Waals surface area contributed by atoms with Gasteiger partial charge in [0.25, 0.3) is 11.8 Å². The number of halogens is 3. The highest BCUT2D eigenvalue weighted by Crippen LogP contribution is 2.32. The van der Waals surface area contributed by atoms with E-state index >= 15 is 0 Å². The van der Waals surface area contributed by atoms with E-state index in [1.807, 2.05) is 29.2 Å². The number of anilines is 1. The number of carbonyl (C=O) groups excluding carboxylic acids is 3. The van der Waals surface area contributed by atoms with Crippen LogP contribution in [0, 0.1) is 0 Å². The molecule has 0 unspecified atom stereocenters. The highest BCUT2D eigenvalue weighted by Gasteiger charge is 2.30. The first-order valence-electron chi connectivity index (χ1n) is 13.6. The summed E-state index contributed by atoms with van der Waals surface area (Å²) in [7, 11) is 1.53. The van der Waals surface area contributed by atoms with Gasteiger partial charge in [0.05, 0.1) is 5.56 Å². The number of rotatable bonds is 6. The van der Waals surface area contributed by atoms with Gasteiger partial charge in [-0.15, -0.1) is 0 Å². The van der Waals surface area contributed by atoms with Crippen LogP contribution in [-0.4, -0.2) is 53.5 Å². The first kappa shape index (κ1) is 28.8. The lowest BCUT2D eigenvalue weighted by Gasteiger charge is -2.32. The normalized spacial score (nSPS) is 16.2. The summed E-state index contributed by atoms with van der Waals surface area (Å²) in [6, 6.07) is 18.6. The molecule has 3 aromatic rings. The number of hydrazone groups is 1. The zero-order chi connectivity index (χ0) is 29.9. The van der Waals surface area contributed by atoms with Gasteiger partial charge >= 0.3 is 6.18 Å². The van der Waals surface area contributed by atoms with Crippen molar-refractivity contribution >= 4 is 29.1 Å². The topological polar surface area (TPSA) is 91.3 Å². The van der Waals surface area contributed by atoms with Gasteiger partial charge in [0.2, 0.25) is 5.91 Å². The minimum absolute atomic E-state index is 0.0921. The van der Waals surface area contributed by atoms with E-state index < -0.39 is 11.7 Å². The summed E-state index contributed by atoms with van der Waals surface area (Å²) in [5.41, 5.74) is 1.85. The van der Waals surface area contributed by atoms with Gasteiger partial charge in [-0.2, -0.15) is 18.3 Å².